The van der Waals surface area contributed by atoms with Gasteiger partial charge in [-0.15, -0.1) is 11.3 Å². The Bertz CT molecular complexity index is 550. The van der Waals surface area contributed by atoms with Crippen LogP contribution < -0.4 is 5.73 Å². The van der Waals surface area contributed by atoms with Crippen molar-refractivity contribution in [3.8, 4) is 16.9 Å². The van der Waals surface area contributed by atoms with Crippen LogP contribution in [0.15, 0.2) is 29.6 Å². The lowest BCUT2D eigenvalue weighted by molar-refractivity contribution is 0.0702. The van der Waals surface area contributed by atoms with E-state index in [4.69, 9.17) is 10.8 Å². The lowest BCUT2D eigenvalue weighted by atomic mass is 10.1. The van der Waals surface area contributed by atoms with Crippen LogP contribution in [0.1, 0.15) is 37.4 Å². The lowest BCUT2D eigenvalue weighted by Gasteiger charge is -2.04. The van der Waals surface area contributed by atoms with Crippen LogP contribution in [0.2, 0.25) is 0 Å². The molecule has 0 aliphatic heterocycles. The molecule has 0 atom stereocenters. The first-order valence-corrected chi connectivity index (χ1v) is 7.37. The number of nitrogen functional groups attached to an aromatic ring is 1. The van der Waals surface area contributed by atoms with Gasteiger partial charge in [0.25, 0.3) is 0 Å². The highest BCUT2D eigenvalue weighted by Gasteiger charge is 2.11. The Morgan fingerprint density at radius 3 is 2.30 bits per heavy atom. The van der Waals surface area contributed by atoms with Crippen LogP contribution in [0.5, 0.6) is 5.75 Å². The monoisotopic (exact) mass is 295 g/mol. The van der Waals surface area contributed by atoms with Crippen LogP contribution in [-0.2, 0) is 0 Å². The van der Waals surface area contributed by atoms with Gasteiger partial charge < -0.3 is 15.9 Å². The molecule has 0 aliphatic rings. The fraction of sp³-hybridized carbons (Fsp3) is 0.267. The number of benzene rings is 1. The normalized spacial score (nSPS) is 8.80. The van der Waals surface area contributed by atoms with Crippen molar-refractivity contribution in [2.24, 2.45) is 0 Å². The van der Waals surface area contributed by atoms with Crippen molar-refractivity contribution in [3.05, 3.63) is 34.5 Å². The van der Waals surface area contributed by atoms with Crippen molar-refractivity contribution >= 4 is 23.0 Å². The second-order valence-corrected chi connectivity index (χ2v) is 4.16. The molecule has 5 heteroatoms. The highest BCUT2D eigenvalue weighted by molar-refractivity contribution is 7.12. The Kier molecular flexibility index (Phi) is 8.08. The fourth-order valence-corrected chi connectivity index (χ4v) is 2.13. The van der Waals surface area contributed by atoms with Crippen LogP contribution in [-0.4, -0.2) is 16.2 Å². The van der Waals surface area contributed by atoms with Crippen molar-refractivity contribution in [2.75, 3.05) is 5.73 Å². The number of carboxylic acid groups (broad SMARTS) is 1. The topological polar surface area (TPSA) is 83.6 Å². The van der Waals surface area contributed by atoms with Crippen molar-refractivity contribution in [3.63, 3.8) is 0 Å². The van der Waals surface area contributed by atoms with Gasteiger partial charge >= 0.3 is 5.97 Å². The second-order valence-electron chi connectivity index (χ2n) is 3.25. The number of nitrogens with two attached hydrogens (primary N) is 1. The third-order valence-corrected chi connectivity index (χ3v) is 3.11. The van der Waals surface area contributed by atoms with Gasteiger partial charge in [0.15, 0.2) is 0 Å². The van der Waals surface area contributed by atoms with E-state index in [1.165, 1.54) is 6.07 Å². The molecule has 0 aliphatic carbocycles. The zero-order chi connectivity index (χ0) is 15.7. The molecule has 4 nitrogen and oxygen atoms in total. The third-order valence-electron chi connectivity index (χ3n) is 2.19. The Hall–Kier alpha value is -2.01. The minimum Gasteiger partial charge on any atom is -0.505 e. The maximum Gasteiger partial charge on any atom is 0.345 e. The van der Waals surface area contributed by atoms with Gasteiger partial charge in [-0.25, -0.2) is 4.79 Å². The zero-order valence-electron chi connectivity index (χ0n) is 12.2. The first-order valence-electron chi connectivity index (χ1n) is 6.49. The number of para-hydroxylation sites is 1. The molecular formula is C15H21NO3S. The van der Waals surface area contributed by atoms with Crippen molar-refractivity contribution < 1.29 is 15.0 Å². The maximum absolute atomic E-state index is 10.7. The summed E-state index contributed by atoms with van der Waals surface area (Å²) in [4.78, 5) is 11.0. The second kappa shape index (κ2) is 8.98. The molecule has 4 N–H and O–H groups in total. The van der Waals surface area contributed by atoms with Gasteiger partial charge in [0, 0.05) is 5.56 Å². The SMILES string of the molecule is CC.CC.Nc1cccc(-c2csc(C(=O)O)c2)c1O. The first kappa shape index (κ1) is 18.0. The van der Waals surface area contributed by atoms with Gasteiger partial charge in [-0.1, -0.05) is 39.8 Å². The average molecular weight is 295 g/mol. The van der Waals surface area contributed by atoms with E-state index in [-0.39, 0.29) is 16.3 Å². The van der Waals surface area contributed by atoms with E-state index >= 15 is 0 Å². The van der Waals surface area contributed by atoms with Crippen LogP contribution in [0.3, 0.4) is 0 Å². The maximum atomic E-state index is 10.7. The summed E-state index contributed by atoms with van der Waals surface area (Å²) in [5.74, 6) is -0.989. The van der Waals surface area contributed by atoms with E-state index < -0.39 is 5.97 Å². The molecule has 0 saturated heterocycles. The fourth-order valence-electron chi connectivity index (χ4n) is 1.38. The molecule has 0 fully saturated rings. The number of phenols is 1. The quantitative estimate of drug-likeness (QED) is 0.564. The summed E-state index contributed by atoms with van der Waals surface area (Å²) in [6, 6.07) is 6.51. The van der Waals surface area contributed by atoms with Crippen LogP contribution in [0, 0.1) is 0 Å². The van der Waals surface area contributed by atoms with Crippen LogP contribution in [0.25, 0.3) is 11.1 Å². The minimum absolute atomic E-state index is 0.0164. The largest absolute Gasteiger partial charge is 0.505 e. The van der Waals surface area contributed by atoms with Gasteiger partial charge in [0.1, 0.15) is 10.6 Å². The number of rotatable bonds is 2. The standard InChI is InChI=1S/C11H9NO3S.2C2H6/c12-8-3-1-2-7(10(8)13)6-4-9(11(14)15)16-5-6;2*1-2/h1-5,13H,12H2,(H,14,15);2*1-2H3. The smallest absolute Gasteiger partial charge is 0.345 e. The Balaban J connectivity index is 0.000000829. The highest BCUT2D eigenvalue weighted by atomic mass is 32.1. The van der Waals surface area contributed by atoms with Gasteiger partial charge in [-0.05, 0) is 23.1 Å². The number of thiophene rings is 1. The number of aromatic carboxylic acids is 1. The summed E-state index contributed by atoms with van der Waals surface area (Å²) in [6.07, 6.45) is 0. The predicted octanol–water partition coefficient (Wildman–Crippen LogP) is 4.45. The molecule has 1 heterocycles. The van der Waals surface area contributed by atoms with E-state index in [1.54, 1.807) is 23.6 Å². The first-order chi connectivity index (χ1) is 9.59. The Morgan fingerprint density at radius 1 is 1.20 bits per heavy atom. The third kappa shape index (κ3) is 4.28. The van der Waals surface area contributed by atoms with Gasteiger partial charge in [0.05, 0.1) is 5.69 Å². The number of hydrogen-bond acceptors (Lipinski definition) is 4. The molecule has 2 aromatic rings. The van der Waals surface area contributed by atoms with Gasteiger partial charge in [-0.3, -0.25) is 0 Å². The molecular weight excluding hydrogens is 274 g/mol. The number of anilines is 1. The lowest BCUT2D eigenvalue weighted by Crippen LogP contribution is -1.90. The molecule has 0 saturated carbocycles. The Morgan fingerprint density at radius 2 is 1.80 bits per heavy atom. The number of carbonyl (C=O) groups is 1. The number of phenolic OH excluding ortho intramolecular Hbond substituents is 1. The molecule has 20 heavy (non-hydrogen) atoms. The molecule has 0 amide bonds. The van der Waals surface area contributed by atoms with Gasteiger partial charge in [-0.2, -0.15) is 0 Å². The van der Waals surface area contributed by atoms with E-state index in [1.807, 2.05) is 27.7 Å². The molecule has 0 spiro atoms. The van der Waals surface area contributed by atoms with Crippen molar-refractivity contribution in [1.82, 2.24) is 0 Å². The highest BCUT2D eigenvalue weighted by Crippen LogP contribution is 2.35. The zero-order valence-corrected chi connectivity index (χ0v) is 13.0. The summed E-state index contributed by atoms with van der Waals surface area (Å²) in [6.45, 7) is 8.00. The summed E-state index contributed by atoms with van der Waals surface area (Å²) >= 11 is 1.12. The summed E-state index contributed by atoms with van der Waals surface area (Å²) in [5, 5.41) is 20.2. The molecule has 0 unspecified atom stereocenters. The van der Waals surface area contributed by atoms with Gasteiger partial charge in [0.2, 0.25) is 0 Å². The predicted molar refractivity (Wildman–Crippen MR) is 85.5 cm³/mol. The van der Waals surface area contributed by atoms with E-state index in [9.17, 15) is 9.90 Å². The van der Waals surface area contributed by atoms with Crippen molar-refractivity contribution in [1.29, 1.82) is 0 Å². The number of aromatic hydroxyl groups is 1. The van der Waals surface area contributed by atoms with E-state index in [2.05, 4.69) is 0 Å². The summed E-state index contributed by atoms with van der Waals surface area (Å²) in [5.41, 5.74) is 7.04. The molecule has 110 valence electrons. The van der Waals surface area contributed by atoms with E-state index in [0.717, 1.165) is 11.3 Å². The van der Waals surface area contributed by atoms with Crippen LogP contribution in [0.4, 0.5) is 5.69 Å². The Labute approximate surface area is 123 Å². The molecule has 2 rings (SSSR count). The van der Waals surface area contributed by atoms with Crippen LogP contribution >= 0.6 is 11.3 Å². The minimum atomic E-state index is -0.973. The molecule has 1 aromatic heterocycles. The molecule has 1 aromatic carbocycles. The number of hydrogen-bond donors (Lipinski definition) is 3. The number of carboxylic acids is 1. The average Bonchev–Trinajstić information content (AvgIpc) is 2.96. The van der Waals surface area contributed by atoms with Crippen molar-refractivity contribution in [2.45, 2.75) is 27.7 Å². The summed E-state index contributed by atoms with van der Waals surface area (Å²) < 4.78 is 0. The summed E-state index contributed by atoms with van der Waals surface area (Å²) in [7, 11) is 0. The molecule has 0 radical (unpaired) electrons. The molecule has 0 bridgehead atoms. The van der Waals surface area contributed by atoms with E-state index in [0.29, 0.717) is 11.1 Å².